The van der Waals surface area contributed by atoms with Gasteiger partial charge < -0.3 is 19.0 Å². The van der Waals surface area contributed by atoms with Crippen molar-refractivity contribution in [3.05, 3.63) is 66.1 Å². The van der Waals surface area contributed by atoms with Crippen LogP contribution in [-0.4, -0.2) is 18.3 Å². The summed E-state index contributed by atoms with van der Waals surface area (Å²) in [7, 11) is 0. The molecular weight excluding hydrogens is 352 g/mol. The van der Waals surface area contributed by atoms with Crippen LogP contribution in [0.2, 0.25) is 0 Å². The number of rotatable bonds is 10. The van der Waals surface area contributed by atoms with Crippen molar-refractivity contribution < 1.29 is 19.0 Å². The lowest BCUT2D eigenvalue weighted by Gasteiger charge is -2.14. The van der Waals surface area contributed by atoms with Crippen LogP contribution < -0.4 is 9.47 Å². The highest BCUT2D eigenvalue weighted by atomic mass is 16.5. The number of benzene rings is 2. The van der Waals surface area contributed by atoms with Crippen molar-refractivity contribution in [3.8, 4) is 28.4 Å². The number of para-hydroxylation sites is 1. The van der Waals surface area contributed by atoms with E-state index in [1.807, 2.05) is 30.3 Å². The van der Waals surface area contributed by atoms with Crippen LogP contribution in [0.4, 0.5) is 0 Å². The minimum absolute atomic E-state index is 0.193. The smallest absolute Gasteiger partial charge is 0.127 e. The van der Waals surface area contributed by atoms with E-state index in [4.69, 9.17) is 13.9 Å². The largest absolute Gasteiger partial charge is 0.507 e. The van der Waals surface area contributed by atoms with E-state index in [-0.39, 0.29) is 5.75 Å². The molecule has 3 aromatic rings. The Balaban J connectivity index is 1.56. The van der Waals surface area contributed by atoms with Crippen molar-refractivity contribution in [1.29, 1.82) is 0 Å². The first-order valence-electron chi connectivity index (χ1n) is 9.94. The Morgan fingerprint density at radius 3 is 2.43 bits per heavy atom. The molecule has 4 heteroatoms. The third-order valence-corrected chi connectivity index (χ3v) is 4.69. The zero-order valence-electron chi connectivity index (χ0n) is 16.6. The number of hydrogen-bond acceptors (Lipinski definition) is 4. The predicted octanol–water partition coefficient (Wildman–Crippen LogP) is 6.02. The second-order valence-electron chi connectivity index (χ2n) is 6.75. The summed E-state index contributed by atoms with van der Waals surface area (Å²) < 4.78 is 17.0. The molecule has 1 heterocycles. The topological polar surface area (TPSA) is 51.8 Å². The van der Waals surface area contributed by atoms with Gasteiger partial charge in [0.05, 0.1) is 25.7 Å². The lowest BCUT2D eigenvalue weighted by molar-refractivity contribution is 0.244. The van der Waals surface area contributed by atoms with E-state index in [0.29, 0.717) is 13.2 Å². The van der Waals surface area contributed by atoms with Gasteiger partial charge in [-0.1, -0.05) is 38.5 Å². The van der Waals surface area contributed by atoms with Crippen molar-refractivity contribution in [2.45, 2.75) is 39.5 Å². The summed E-state index contributed by atoms with van der Waals surface area (Å²) in [6.07, 6.45) is 6.94. The fourth-order valence-electron chi connectivity index (χ4n) is 3.22. The number of aromatic hydroxyl groups is 1. The third kappa shape index (κ3) is 4.89. The average molecular weight is 380 g/mol. The third-order valence-electron chi connectivity index (χ3n) is 4.69. The van der Waals surface area contributed by atoms with Gasteiger partial charge in [0.1, 0.15) is 17.2 Å². The summed E-state index contributed by atoms with van der Waals surface area (Å²) in [5, 5.41) is 10.4. The molecule has 0 amide bonds. The summed E-state index contributed by atoms with van der Waals surface area (Å²) in [4.78, 5) is 0. The molecule has 0 bridgehead atoms. The molecular formula is C24H28O4. The lowest BCUT2D eigenvalue weighted by atomic mass is 10.0. The molecule has 1 aromatic heterocycles. The maximum absolute atomic E-state index is 10.4. The summed E-state index contributed by atoms with van der Waals surface area (Å²) in [6.45, 7) is 5.38. The highest BCUT2D eigenvalue weighted by molar-refractivity contribution is 5.71. The van der Waals surface area contributed by atoms with Crippen LogP contribution in [0.25, 0.3) is 11.1 Å². The Morgan fingerprint density at radius 2 is 1.71 bits per heavy atom. The van der Waals surface area contributed by atoms with E-state index in [1.54, 1.807) is 18.6 Å². The molecule has 28 heavy (non-hydrogen) atoms. The monoisotopic (exact) mass is 380 g/mol. The van der Waals surface area contributed by atoms with Gasteiger partial charge in [-0.25, -0.2) is 0 Å². The summed E-state index contributed by atoms with van der Waals surface area (Å²) in [5.41, 5.74) is 3.92. The molecule has 0 radical (unpaired) electrons. The van der Waals surface area contributed by atoms with Gasteiger partial charge in [-0.3, -0.25) is 0 Å². The fraction of sp³-hybridized carbons (Fsp3) is 0.333. The number of hydrogen-bond donors (Lipinski definition) is 1. The molecule has 0 aliphatic heterocycles. The minimum atomic E-state index is 0.193. The van der Waals surface area contributed by atoms with Gasteiger partial charge in [0.25, 0.3) is 0 Å². The molecule has 1 N–H and O–H groups in total. The normalized spacial score (nSPS) is 10.8. The average Bonchev–Trinajstić information content (AvgIpc) is 3.24. The fourth-order valence-corrected chi connectivity index (χ4v) is 3.22. The van der Waals surface area contributed by atoms with E-state index >= 15 is 0 Å². The van der Waals surface area contributed by atoms with Gasteiger partial charge in [0.2, 0.25) is 0 Å². The Hall–Kier alpha value is -2.88. The van der Waals surface area contributed by atoms with E-state index < -0.39 is 0 Å². The van der Waals surface area contributed by atoms with Crippen LogP contribution in [0.1, 0.15) is 37.8 Å². The van der Waals surface area contributed by atoms with Gasteiger partial charge in [0, 0.05) is 23.6 Å². The Bertz CT molecular complexity index is 868. The molecule has 0 unspecified atom stereocenters. The van der Waals surface area contributed by atoms with Crippen molar-refractivity contribution in [3.63, 3.8) is 0 Å². The first kappa shape index (κ1) is 19.9. The van der Waals surface area contributed by atoms with Crippen LogP contribution in [-0.2, 0) is 12.8 Å². The van der Waals surface area contributed by atoms with Crippen LogP contribution in [0.5, 0.6) is 17.2 Å². The molecule has 0 saturated heterocycles. The van der Waals surface area contributed by atoms with Crippen LogP contribution in [0.3, 0.4) is 0 Å². The van der Waals surface area contributed by atoms with Crippen molar-refractivity contribution >= 4 is 0 Å². The first-order chi connectivity index (χ1) is 13.7. The molecule has 0 saturated carbocycles. The van der Waals surface area contributed by atoms with Gasteiger partial charge >= 0.3 is 0 Å². The van der Waals surface area contributed by atoms with E-state index in [2.05, 4.69) is 19.9 Å². The maximum Gasteiger partial charge on any atom is 0.127 e. The van der Waals surface area contributed by atoms with Crippen molar-refractivity contribution in [2.75, 3.05) is 13.2 Å². The highest BCUT2D eigenvalue weighted by Crippen LogP contribution is 2.36. The second-order valence-corrected chi connectivity index (χ2v) is 6.75. The number of ether oxygens (including phenoxy) is 2. The molecule has 0 fully saturated rings. The van der Waals surface area contributed by atoms with Crippen LogP contribution in [0.15, 0.2) is 59.4 Å². The number of phenols is 1. The summed E-state index contributed by atoms with van der Waals surface area (Å²) >= 11 is 0. The molecule has 3 rings (SSSR count). The van der Waals surface area contributed by atoms with Crippen LogP contribution in [0, 0.1) is 0 Å². The molecule has 2 aromatic carbocycles. The highest BCUT2D eigenvalue weighted by Gasteiger charge is 2.12. The maximum atomic E-state index is 10.4. The molecule has 0 atom stereocenters. The van der Waals surface area contributed by atoms with Gasteiger partial charge in [-0.05, 0) is 42.2 Å². The van der Waals surface area contributed by atoms with Crippen molar-refractivity contribution in [1.82, 2.24) is 0 Å². The van der Waals surface area contributed by atoms with Crippen LogP contribution >= 0.6 is 0 Å². The Morgan fingerprint density at radius 1 is 0.929 bits per heavy atom. The quantitative estimate of drug-likeness (QED) is 0.437. The molecule has 4 nitrogen and oxygen atoms in total. The van der Waals surface area contributed by atoms with Gasteiger partial charge in [-0.15, -0.1) is 0 Å². The van der Waals surface area contributed by atoms with Gasteiger partial charge in [-0.2, -0.15) is 0 Å². The second kappa shape index (κ2) is 9.88. The molecule has 0 spiro atoms. The molecule has 0 aliphatic rings. The Kier molecular flexibility index (Phi) is 7.01. The number of phenolic OH excluding ortho intramolecular Hbond substituents is 1. The van der Waals surface area contributed by atoms with Gasteiger partial charge in [0.15, 0.2) is 0 Å². The lowest BCUT2D eigenvalue weighted by Crippen LogP contribution is -2.07. The number of aryl methyl sites for hydroxylation is 2. The van der Waals surface area contributed by atoms with Crippen molar-refractivity contribution in [2.24, 2.45) is 0 Å². The van der Waals surface area contributed by atoms with E-state index in [9.17, 15) is 5.11 Å². The summed E-state index contributed by atoms with van der Waals surface area (Å²) in [5.74, 6) is 1.87. The zero-order valence-corrected chi connectivity index (χ0v) is 16.6. The zero-order chi connectivity index (χ0) is 19.8. The summed E-state index contributed by atoms with van der Waals surface area (Å²) in [6, 6.07) is 13.7. The van der Waals surface area contributed by atoms with E-state index in [0.717, 1.165) is 53.9 Å². The molecule has 148 valence electrons. The van der Waals surface area contributed by atoms with E-state index in [1.165, 1.54) is 5.56 Å². The molecule has 0 aliphatic carbocycles. The predicted molar refractivity (Wildman–Crippen MR) is 111 cm³/mol. The minimum Gasteiger partial charge on any atom is -0.507 e. The standard InChI is InChI=1S/C24H28O4/c1-3-8-19-9-5-6-10-23(19)27-12-7-13-28-24-16-22(25)21(15-18(24)4-2)20-11-14-26-17-20/h5-6,9-11,14-17,25H,3-4,7-8,12-13H2,1-2H3. The SMILES string of the molecule is CCCc1ccccc1OCCCOc1cc(O)c(-c2ccoc2)cc1CC. The number of furan rings is 1. The first-order valence-corrected chi connectivity index (χ1v) is 9.94. The Labute approximate surface area is 166 Å².